The largest absolute Gasteiger partial charge is 0.362 e. The molecule has 4 heteroatoms. The van der Waals surface area contributed by atoms with E-state index in [1.807, 2.05) is 17.4 Å². The Hall–Kier alpha value is -1.39. The van der Waals surface area contributed by atoms with Gasteiger partial charge in [0, 0.05) is 18.0 Å². The molecule has 0 bridgehead atoms. The van der Waals surface area contributed by atoms with E-state index in [0.717, 1.165) is 30.8 Å². The number of thiophene rings is 1. The maximum atomic E-state index is 14.5. The van der Waals surface area contributed by atoms with Gasteiger partial charge in [0.1, 0.15) is 5.82 Å². The van der Waals surface area contributed by atoms with Crippen molar-refractivity contribution in [1.82, 2.24) is 5.32 Å². The Bertz CT molecular complexity index is 623. The van der Waals surface area contributed by atoms with Gasteiger partial charge in [-0.3, -0.25) is 0 Å². The number of rotatable bonds is 4. The molecular formula is C17H21FN2S. The molecule has 0 spiro atoms. The standard InChI is InChI=1S/C17H21FN2S/c1-3-19-11-13-5-4-6-15(18)17(13)20-9-7-16-14(12(20)2)8-10-21-16/h4-6,8,10,12,19H,3,7,9,11H2,1-2H3. The first kappa shape index (κ1) is 14.5. The number of para-hydroxylation sites is 1. The van der Waals surface area contributed by atoms with Crippen molar-refractivity contribution in [3.8, 4) is 0 Å². The second-order valence-corrected chi connectivity index (χ2v) is 6.45. The summed E-state index contributed by atoms with van der Waals surface area (Å²) in [5, 5.41) is 5.45. The molecule has 3 rings (SSSR count). The van der Waals surface area contributed by atoms with Gasteiger partial charge in [0.2, 0.25) is 0 Å². The molecule has 1 N–H and O–H groups in total. The van der Waals surface area contributed by atoms with Crippen molar-refractivity contribution in [2.24, 2.45) is 0 Å². The van der Waals surface area contributed by atoms with Crippen LogP contribution in [0.4, 0.5) is 10.1 Å². The minimum Gasteiger partial charge on any atom is -0.362 e. The monoisotopic (exact) mass is 304 g/mol. The maximum absolute atomic E-state index is 14.5. The van der Waals surface area contributed by atoms with Crippen molar-refractivity contribution in [2.75, 3.05) is 18.0 Å². The lowest BCUT2D eigenvalue weighted by Crippen LogP contribution is -2.35. The lowest BCUT2D eigenvalue weighted by molar-refractivity contribution is 0.575. The van der Waals surface area contributed by atoms with Crippen LogP contribution in [0, 0.1) is 5.82 Å². The van der Waals surface area contributed by atoms with Crippen LogP contribution in [0.25, 0.3) is 0 Å². The highest BCUT2D eigenvalue weighted by Crippen LogP contribution is 2.38. The van der Waals surface area contributed by atoms with Crippen molar-refractivity contribution in [3.05, 3.63) is 51.5 Å². The van der Waals surface area contributed by atoms with Gasteiger partial charge in [0.15, 0.2) is 0 Å². The molecule has 0 saturated carbocycles. The van der Waals surface area contributed by atoms with Gasteiger partial charge >= 0.3 is 0 Å². The van der Waals surface area contributed by atoms with E-state index in [1.54, 1.807) is 12.1 Å². The Morgan fingerprint density at radius 3 is 3.05 bits per heavy atom. The molecule has 0 fully saturated rings. The highest BCUT2D eigenvalue weighted by molar-refractivity contribution is 7.10. The summed E-state index contributed by atoms with van der Waals surface area (Å²) >= 11 is 1.82. The fourth-order valence-electron chi connectivity index (χ4n) is 3.10. The van der Waals surface area contributed by atoms with Gasteiger partial charge in [-0.25, -0.2) is 4.39 Å². The van der Waals surface area contributed by atoms with Gasteiger partial charge in [-0.2, -0.15) is 0 Å². The topological polar surface area (TPSA) is 15.3 Å². The summed E-state index contributed by atoms with van der Waals surface area (Å²) in [5.74, 6) is -0.115. The van der Waals surface area contributed by atoms with E-state index in [4.69, 9.17) is 0 Å². The molecule has 2 nitrogen and oxygen atoms in total. The summed E-state index contributed by atoms with van der Waals surface area (Å²) in [7, 11) is 0. The summed E-state index contributed by atoms with van der Waals surface area (Å²) in [6.45, 7) is 6.73. The Morgan fingerprint density at radius 2 is 2.24 bits per heavy atom. The SMILES string of the molecule is CCNCc1cccc(F)c1N1CCc2sccc2C1C. The maximum Gasteiger partial charge on any atom is 0.146 e. The minimum atomic E-state index is -0.115. The summed E-state index contributed by atoms with van der Waals surface area (Å²) < 4.78 is 14.5. The predicted molar refractivity (Wildman–Crippen MR) is 87.6 cm³/mol. The molecule has 1 aromatic carbocycles. The lowest BCUT2D eigenvalue weighted by atomic mass is 9.99. The molecule has 1 aliphatic rings. The molecule has 112 valence electrons. The third-order valence-corrected chi connectivity index (χ3v) is 5.20. The molecule has 1 unspecified atom stereocenters. The van der Waals surface area contributed by atoms with E-state index >= 15 is 0 Å². The van der Waals surface area contributed by atoms with E-state index < -0.39 is 0 Å². The van der Waals surface area contributed by atoms with Gasteiger partial charge in [0.25, 0.3) is 0 Å². The van der Waals surface area contributed by atoms with Crippen molar-refractivity contribution < 1.29 is 4.39 Å². The molecule has 2 aromatic rings. The molecule has 1 aliphatic heterocycles. The molecule has 0 amide bonds. The van der Waals surface area contributed by atoms with Crippen LogP contribution in [0.5, 0.6) is 0 Å². The lowest BCUT2D eigenvalue weighted by Gasteiger charge is -2.37. The highest BCUT2D eigenvalue weighted by Gasteiger charge is 2.28. The second-order valence-electron chi connectivity index (χ2n) is 5.45. The average Bonchev–Trinajstić information content (AvgIpc) is 2.96. The van der Waals surface area contributed by atoms with Crippen LogP contribution >= 0.6 is 11.3 Å². The van der Waals surface area contributed by atoms with Crippen molar-refractivity contribution in [1.29, 1.82) is 0 Å². The quantitative estimate of drug-likeness (QED) is 0.914. The van der Waals surface area contributed by atoms with E-state index in [9.17, 15) is 4.39 Å². The summed E-state index contributed by atoms with van der Waals surface area (Å²) in [4.78, 5) is 3.67. The van der Waals surface area contributed by atoms with Crippen LogP contribution in [-0.2, 0) is 13.0 Å². The van der Waals surface area contributed by atoms with Gasteiger partial charge in [-0.1, -0.05) is 19.1 Å². The van der Waals surface area contributed by atoms with Gasteiger partial charge < -0.3 is 10.2 Å². The zero-order chi connectivity index (χ0) is 14.8. The van der Waals surface area contributed by atoms with Gasteiger partial charge in [-0.05, 0) is 48.5 Å². The Labute approximate surface area is 129 Å². The molecule has 2 heterocycles. The minimum absolute atomic E-state index is 0.115. The van der Waals surface area contributed by atoms with E-state index in [1.165, 1.54) is 10.4 Å². The molecule has 0 radical (unpaired) electrons. The Morgan fingerprint density at radius 1 is 1.38 bits per heavy atom. The number of halogens is 1. The number of benzene rings is 1. The first-order valence-electron chi connectivity index (χ1n) is 7.53. The number of hydrogen-bond acceptors (Lipinski definition) is 3. The van der Waals surface area contributed by atoms with Crippen LogP contribution < -0.4 is 10.2 Å². The van der Waals surface area contributed by atoms with Gasteiger partial charge in [0.05, 0.1) is 11.7 Å². The number of nitrogens with zero attached hydrogens (tertiary/aromatic N) is 1. The van der Waals surface area contributed by atoms with Crippen LogP contribution in [0.15, 0.2) is 29.6 Å². The zero-order valence-electron chi connectivity index (χ0n) is 12.5. The molecule has 21 heavy (non-hydrogen) atoms. The predicted octanol–water partition coefficient (Wildman–Crippen LogP) is 4.12. The Kier molecular flexibility index (Phi) is 4.27. The number of hydrogen-bond donors (Lipinski definition) is 1. The number of anilines is 1. The normalized spacial score (nSPS) is 17.9. The summed E-state index contributed by atoms with van der Waals surface area (Å²) in [5.41, 5.74) is 3.16. The van der Waals surface area contributed by atoms with Crippen LogP contribution in [0.2, 0.25) is 0 Å². The third-order valence-electron chi connectivity index (χ3n) is 4.20. The number of nitrogens with one attached hydrogen (secondary N) is 1. The highest BCUT2D eigenvalue weighted by atomic mass is 32.1. The molecule has 1 aromatic heterocycles. The molecular weight excluding hydrogens is 283 g/mol. The Balaban J connectivity index is 1.97. The molecule has 1 atom stereocenters. The average molecular weight is 304 g/mol. The molecule has 0 saturated heterocycles. The first-order valence-corrected chi connectivity index (χ1v) is 8.41. The summed E-state index contributed by atoms with van der Waals surface area (Å²) in [6, 6.07) is 7.81. The first-order chi connectivity index (χ1) is 10.2. The fraction of sp³-hybridized carbons (Fsp3) is 0.412. The van der Waals surface area contributed by atoms with E-state index in [-0.39, 0.29) is 11.9 Å². The number of fused-ring (bicyclic) bond motifs is 1. The van der Waals surface area contributed by atoms with Crippen LogP contribution in [0.3, 0.4) is 0 Å². The van der Waals surface area contributed by atoms with Gasteiger partial charge in [-0.15, -0.1) is 11.3 Å². The van der Waals surface area contributed by atoms with Crippen LogP contribution in [0.1, 0.15) is 35.9 Å². The second kappa shape index (κ2) is 6.16. The smallest absolute Gasteiger partial charge is 0.146 e. The van der Waals surface area contributed by atoms with Crippen molar-refractivity contribution in [3.63, 3.8) is 0 Å². The van der Waals surface area contributed by atoms with E-state index in [2.05, 4.69) is 35.5 Å². The van der Waals surface area contributed by atoms with E-state index in [0.29, 0.717) is 6.54 Å². The fourth-order valence-corrected chi connectivity index (χ4v) is 4.06. The van der Waals surface area contributed by atoms with Crippen molar-refractivity contribution >= 4 is 17.0 Å². The molecule has 0 aliphatic carbocycles. The summed E-state index contributed by atoms with van der Waals surface area (Å²) in [6.07, 6.45) is 1.01. The zero-order valence-corrected chi connectivity index (χ0v) is 13.3. The third kappa shape index (κ3) is 2.70. The van der Waals surface area contributed by atoms with Crippen LogP contribution in [-0.4, -0.2) is 13.1 Å². The van der Waals surface area contributed by atoms with Crippen molar-refractivity contribution in [2.45, 2.75) is 32.9 Å².